The minimum absolute atomic E-state index is 0.171. The van der Waals surface area contributed by atoms with Crippen LogP contribution in [0.2, 0.25) is 5.02 Å². The van der Waals surface area contributed by atoms with Gasteiger partial charge in [0.15, 0.2) is 0 Å². The molecule has 0 bridgehead atoms. The third kappa shape index (κ3) is 3.63. The van der Waals surface area contributed by atoms with Crippen molar-refractivity contribution in [2.75, 3.05) is 6.54 Å². The quantitative estimate of drug-likeness (QED) is 0.813. The van der Waals surface area contributed by atoms with Gasteiger partial charge in [0.2, 0.25) is 0 Å². The lowest BCUT2D eigenvalue weighted by molar-refractivity contribution is 0.621. The molecule has 0 saturated heterocycles. The average Bonchev–Trinajstić information content (AvgIpc) is 2.11. The molecule has 0 spiro atoms. The van der Waals surface area contributed by atoms with Crippen LogP contribution in [0.1, 0.15) is 25.5 Å². The molecule has 1 N–H and O–H groups in total. The standard InChI is InChI=1S/C12H15BrClN/c1-4-15-12(8(2)3)9-5-10(13)7-11(14)6-9/h5-7,12,15H,2,4H2,1,3H3. The van der Waals surface area contributed by atoms with Gasteiger partial charge in [0.1, 0.15) is 0 Å². The first-order chi connectivity index (χ1) is 7.04. The lowest BCUT2D eigenvalue weighted by atomic mass is 10.0. The number of hydrogen-bond acceptors (Lipinski definition) is 1. The molecule has 1 nitrogen and oxygen atoms in total. The maximum Gasteiger partial charge on any atom is 0.0531 e. The summed E-state index contributed by atoms with van der Waals surface area (Å²) in [6.45, 7) is 8.99. The van der Waals surface area contributed by atoms with E-state index in [-0.39, 0.29) is 6.04 Å². The van der Waals surface area contributed by atoms with E-state index in [1.54, 1.807) is 0 Å². The van der Waals surface area contributed by atoms with Crippen molar-refractivity contribution in [2.45, 2.75) is 19.9 Å². The van der Waals surface area contributed by atoms with Crippen molar-refractivity contribution in [3.8, 4) is 0 Å². The number of hydrogen-bond donors (Lipinski definition) is 1. The Bertz CT molecular complexity index is 342. The number of rotatable bonds is 4. The zero-order valence-corrected chi connectivity index (χ0v) is 11.3. The Labute approximate surface area is 105 Å². The lowest BCUT2D eigenvalue weighted by Crippen LogP contribution is -2.21. The Morgan fingerprint density at radius 3 is 2.67 bits per heavy atom. The molecule has 82 valence electrons. The molecule has 0 aliphatic heterocycles. The Kier molecular flexibility index (Phi) is 4.84. The first kappa shape index (κ1) is 12.8. The SMILES string of the molecule is C=C(C)C(NCC)c1cc(Cl)cc(Br)c1. The van der Waals surface area contributed by atoms with Crippen molar-refractivity contribution in [3.05, 3.63) is 45.4 Å². The van der Waals surface area contributed by atoms with E-state index in [4.69, 9.17) is 11.6 Å². The fourth-order valence-corrected chi connectivity index (χ4v) is 2.41. The molecule has 0 aliphatic carbocycles. The molecule has 0 fully saturated rings. The van der Waals surface area contributed by atoms with Crippen molar-refractivity contribution in [1.29, 1.82) is 0 Å². The van der Waals surface area contributed by atoms with Crippen LogP contribution in [0.4, 0.5) is 0 Å². The van der Waals surface area contributed by atoms with E-state index in [0.717, 1.165) is 27.2 Å². The van der Waals surface area contributed by atoms with Gasteiger partial charge in [0, 0.05) is 9.50 Å². The normalized spacial score (nSPS) is 12.5. The van der Waals surface area contributed by atoms with Gasteiger partial charge in [-0.25, -0.2) is 0 Å². The van der Waals surface area contributed by atoms with E-state index < -0.39 is 0 Å². The smallest absolute Gasteiger partial charge is 0.0531 e. The summed E-state index contributed by atoms with van der Waals surface area (Å²) in [7, 11) is 0. The summed E-state index contributed by atoms with van der Waals surface area (Å²) in [5, 5.41) is 4.11. The number of nitrogens with one attached hydrogen (secondary N) is 1. The maximum atomic E-state index is 6.01. The van der Waals surface area contributed by atoms with Gasteiger partial charge in [-0.15, -0.1) is 0 Å². The van der Waals surface area contributed by atoms with Crippen LogP contribution >= 0.6 is 27.5 Å². The zero-order chi connectivity index (χ0) is 11.4. The van der Waals surface area contributed by atoms with Crippen LogP contribution in [0.15, 0.2) is 34.8 Å². The van der Waals surface area contributed by atoms with E-state index >= 15 is 0 Å². The molecule has 0 aliphatic rings. The van der Waals surface area contributed by atoms with Gasteiger partial charge in [0.05, 0.1) is 6.04 Å². The van der Waals surface area contributed by atoms with Crippen LogP contribution in [-0.4, -0.2) is 6.54 Å². The summed E-state index contributed by atoms with van der Waals surface area (Å²) >= 11 is 9.45. The van der Waals surface area contributed by atoms with E-state index in [9.17, 15) is 0 Å². The Balaban J connectivity index is 3.05. The van der Waals surface area contributed by atoms with Crippen LogP contribution in [-0.2, 0) is 0 Å². The van der Waals surface area contributed by atoms with Gasteiger partial charge in [-0.05, 0) is 37.2 Å². The van der Waals surface area contributed by atoms with Crippen molar-refractivity contribution in [3.63, 3.8) is 0 Å². The summed E-state index contributed by atoms with van der Waals surface area (Å²) in [4.78, 5) is 0. The number of likely N-dealkylation sites (N-methyl/N-ethyl adjacent to an activating group) is 1. The Hall–Kier alpha value is -0.310. The van der Waals surface area contributed by atoms with Gasteiger partial charge in [-0.3, -0.25) is 0 Å². The highest BCUT2D eigenvalue weighted by Crippen LogP contribution is 2.27. The Morgan fingerprint density at radius 2 is 2.20 bits per heavy atom. The zero-order valence-electron chi connectivity index (χ0n) is 8.98. The second-order valence-electron chi connectivity index (χ2n) is 3.54. The van der Waals surface area contributed by atoms with Crippen LogP contribution in [0.3, 0.4) is 0 Å². The van der Waals surface area contributed by atoms with Crippen LogP contribution in [0.5, 0.6) is 0 Å². The van der Waals surface area contributed by atoms with Gasteiger partial charge in [-0.1, -0.05) is 46.6 Å². The van der Waals surface area contributed by atoms with Crippen molar-refractivity contribution < 1.29 is 0 Å². The predicted octanol–water partition coefficient (Wildman–Crippen LogP) is 4.33. The average molecular weight is 289 g/mol. The van der Waals surface area contributed by atoms with E-state index in [1.807, 2.05) is 19.1 Å². The Morgan fingerprint density at radius 1 is 1.53 bits per heavy atom. The lowest BCUT2D eigenvalue weighted by Gasteiger charge is -2.19. The topological polar surface area (TPSA) is 12.0 Å². The fourth-order valence-electron chi connectivity index (χ4n) is 1.52. The summed E-state index contributed by atoms with van der Waals surface area (Å²) in [5.74, 6) is 0. The second-order valence-corrected chi connectivity index (χ2v) is 4.89. The second kappa shape index (κ2) is 5.69. The third-order valence-corrected chi connectivity index (χ3v) is 2.80. The molecule has 15 heavy (non-hydrogen) atoms. The van der Waals surface area contributed by atoms with Gasteiger partial charge >= 0.3 is 0 Å². The monoisotopic (exact) mass is 287 g/mol. The van der Waals surface area contributed by atoms with E-state index in [2.05, 4.69) is 40.8 Å². The predicted molar refractivity (Wildman–Crippen MR) is 70.4 cm³/mol. The van der Waals surface area contributed by atoms with Crippen molar-refractivity contribution in [2.24, 2.45) is 0 Å². The largest absolute Gasteiger partial charge is 0.307 e. The van der Waals surface area contributed by atoms with Gasteiger partial charge < -0.3 is 5.32 Å². The molecule has 0 radical (unpaired) electrons. The maximum absolute atomic E-state index is 6.01. The molecule has 0 saturated carbocycles. The van der Waals surface area contributed by atoms with E-state index in [0.29, 0.717) is 0 Å². The van der Waals surface area contributed by atoms with Crippen LogP contribution in [0, 0.1) is 0 Å². The summed E-state index contributed by atoms with van der Waals surface area (Å²) < 4.78 is 0.995. The highest BCUT2D eigenvalue weighted by atomic mass is 79.9. The van der Waals surface area contributed by atoms with Gasteiger partial charge in [-0.2, -0.15) is 0 Å². The molecule has 1 unspecified atom stereocenters. The first-order valence-corrected chi connectivity index (χ1v) is 6.06. The molecule has 1 atom stereocenters. The minimum Gasteiger partial charge on any atom is -0.307 e. The molecule has 0 aromatic heterocycles. The van der Waals surface area contributed by atoms with Crippen molar-refractivity contribution >= 4 is 27.5 Å². The van der Waals surface area contributed by atoms with E-state index in [1.165, 1.54) is 0 Å². The fraction of sp³-hybridized carbons (Fsp3) is 0.333. The van der Waals surface area contributed by atoms with Crippen LogP contribution in [0.25, 0.3) is 0 Å². The third-order valence-electron chi connectivity index (χ3n) is 2.12. The molecule has 0 amide bonds. The van der Waals surface area contributed by atoms with Crippen LogP contribution < -0.4 is 5.32 Å². The highest BCUT2D eigenvalue weighted by Gasteiger charge is 2.11. The molecule has 1 aromatic rings. The molecule has 1 rings (SSSR count). The van der Waals surface area contributed by atoms with Crippen molar-refractivity contribution in [1.82, 2.24) is 5.32 Å². The first-order valence-electron chi connectivity index (χ1n) is 4.89. The number of benzene rings is 1. The molecular weight excluding hydrogens is 273 g/mol. The molecule has 3 heteroatoms. The minimum atomic E-state index is 0.171. The molecular formula is C12H15BrClN. The summed E-state index contributed by atoms with van der Waals surface area (Å²) in [5.41, 5.74) is 2.23. The molecule has 1 aromatic carbocycles. The number of halogens is 2. The summed E-state index contributed by atoms with van der Waals surface area (Å²) in [6, 6.07) is 6.08. The van der Waals surface area contributed by atoms with Gasteiger partial charge in [0.25, 0.3) is 0 Å². The molecule has 0 heterocycles. The summed E-state index contributed by atoms with van der Waals surface area (Å²) in [6.07, 6.45) is 0. The highest BCUT2D eigenvalue weighted by molar-refractivity contribution is 9.10.